The second kappa shape index (κ2) is 7.45. The van der Waals surface area contributed by atoms with Crippen LogP contribution in [-0.2, 0) is 4.79 Å². The van der Waals surface area contributed by atoms with Gasteiger partial charge in [0.2, 0.25) is 0 Å². The molecule has 0 fully saturated rings. The van der Waals surface area contributed by atoms with Gasteiger partial charge in [-0.15, -0.1) is 0 Å². The number of carbonyl (C=O) groups is 1. The smallest absolute Gasteiger partial charge is 0.267 e. The number of nitrogens with zero attached hydrogens (tertiary/aromatic N) is 2. The lowest BCUT2D eigenvalue weighted by atomic mass is 10.2. The molecule has 1 N–H and O–H groups in total. The number of anilines is 1. The van der Waals surface area contributed by atoms with E-state index in [4.69, 9.17) is 16.9 Å². The summed E-state index contributed by atoms with van der Waals surface area (Å²) in [5, 5.41) is 12.3. The van der Waals surface area contributed by atoms with Gasteiger partial charge in [-0.2, -0.15) is 5.26 Å². The molecule has 0 saturated carbocycles. The van der Waals surface area contributed by atoms with Crippen molar-refractivity contribution in [2.45, 2.75) is 13.8 Å². The Bertz CT molecular complexity index is 498. The van der Waals surface area contributed by atoms with Crippen LogP contribution in [0.25, 0.3) is 0 Å². The molecule has 0 radical (unpaired) electrons. The topological polar surface area (TPSA) is 56.1 Å². The van der Waals surface area contributed by atoms with Gasteiger partial charge in [0.1, 0.15) is 11.6 Å². The lowest BCUT2D eigenvalue weighted by molar-refractivity contribution is -0.112. The molecule has 0 atom stereocenters. The second-order valence-corrected chi connectivity index (χ2v) is 4.27. The van der Waals surface area contributed by atoms with Crippen LogP contribution >= 0.6 is 11.6 Å². The van der Waals surface area contributed by atoms with E-state index in [-0.39, 0.29) is 5.57 Å². The number of hydrogen-bond donors (Lipinski definition) is 1. The molecule has 0 aliphatic heterocycles. The first kappa shape index (κ1) is 15.1. The van der Waals surface area contributed by atoms with Crippen molar-refractivity contribution >= 4 is 23.2 Å². The molecule has 0 unspecified atom stereocenters. The van der Waals surface area contributed by atoms with Crippen LogP contribution < -0.4 is 5.32 Å². The Balaban J connectivity index is 2.80. The highest BCUT2D eigenvalue weighted by Crippen LogP contribution is 2.14. The third-order valence-corrected chi connectivity index (χ3v) is 2.84. The summed E-state index contributed by atoms with van der Waals surface area (Å²) in [5.74, 6) is -0.420. The Morgan fingerprint density at radius 2 is 1.95 bits per heavy atom. The van der Waals surface area contributed by atoms with Crippen molar-refractivity contribution in [1.82, 2.24) is 4.90 Å². The lowest BCUT2D eigenvalue weighted by Gasteiger charge is -2.15. The number of nitriles is 1. The summed E-state index contributed by atoms with van der Waals surface area (Å²) in [5.41, 5.74) is 0.689. The zero-order valence-electron chi connectivity index (χ0n) is 11.0. The van der Waals surface area contributed by atoms with E-state index >= 15 is 0 Å². The Kier molecular flexibility index (Phi) is 5.91. The van der Waals surface area contributed by atoms with Crippen molar-refractivity contribution in [1.29, 1.82) is 5.26 Å². The average molecular weight is 278 g/mol. The summed E-state index contributed by atoms with van der Waals surface area (Å²) in [6.07, 6.45) is 1.57. The van der Waals surface area contributed by atoms with E-state index in [0.717, 1.165) is 13.1 Å². The van der Waals surface area contributed by atoms with Crippen LogP contribution in [0.1, 0.15) is 13.8 Å². The zero-order chi connectivity index (χ0) is 14.3. The molecule has 0 saturated heterocycles. The van der Waals surface area contributed by atoms with Crippen LogP contribution in [0.2, 0.25) is 5.02 Å². The molecule has 1 aromatic rings. The van der Waals surface area contributed by atoms with Gasteiger partial charge >= 0.3 is 0 Å². The fraction of sp³-hybridized carbons (Fsp3) is 0.286. The Labute approximate surface area is 118 Å². The van der Waals surface area contributed by atoms with E-state index < -0.39 is 5.91 Å². The van der Waals surface area contributed by atoms with Gasteiger partial charge in [-0.3, -0.25) is 4.79 Å². The molecule has 19 heavy (non-hydrogen) atoms. The van der Waals surface area contributed by atoms with Crippen LogP contribution in [0.4, 0.5) is 5.69 Å². The van der Waals surface area contributed by atoms with Gasteiger partial charge in [-0.25, -0.2) is 0 Å². The molecule has 0 bridgehead atoms. The Morgan fingerprint density at radius 3 is 2.42 bits per heavy atom. The number of rotatable bonds is 5. The zero-order valence-corrected chi connectivity index (χ0v) is 11.7. The predicted octanol–water partition coefficient (Wildman–Crippen LogP) is 3.03. The summed E-state index contributed by atoms with van der Waals surface area (Å²) >= 11 is 5.76. The summed E-state index contributed by atoms with van der Waals surface area (Å²) in [7, 11) is 0. The molecule has 0 spiro atoms. The van der Waals surface area contributed by atoms with Crippen molar-refractivity contribution in [3.63, 3.8) is 0 Å². The van der Waals surface area contributed by atoms with E-state index in [9.17, 15) is 4.79 Å². The largest absolute Gasteiger partial charge is 0.377 e. The Morgan fingerprint density at radius 1 is 1.37 bits per heavy atom. The fourth-order valence-electron chi connectivity index (χ4n) is 1.46. The first-order valence-electron chi connectivity index (χ1n) is 6.03. The highest BCUT2D eigenvalue weighted by Gasteiger charge is 2.10. The molecule has 0 aliphatic rings. The van der Waals surface area contributed by atoms with E-state index in [1.165, 1.54) is 0 Å². The van der Waals surface area contributed by atoms with Crippen molar-refractivity contribution in [2.75, 3.05) is 18.4 Å². The van der Waals surface area contributed by atoms with Crippen molar-refractivity contribution in [3.8, 4) is 6.07 Å². The van der Waals surface area contributed by atoms with E-state index in [2.05, 4.69) is 5.32 Å². The van der Waals surface area contributed by atoms with Gasteiger partial charge in [0.05, 0.1) is 0 Å². The number of amides is 1. The maximum Gasteiger partial charge on any atom is 0.267 e. The van der Waals surface area contributed by atoms with E-state index in [0.29, 0.717) is 10.7 Å². The van der Waals surface area contributed by atoms with Crippen LogP contribution in [0.15, 0.2) is 36.0 Å². The minimum absolute atomic E-state index is 0.0821. The number of benzene rings is 1. The summed E-state index contributed by atoms with van der Waals surface area (Å²) < 4.78 is 0. The quantitative estimate of drug-likeness (QED) is 0.665. The molecular weight excluding hydrogens is 262 g/mol. The van der Waals surface area contributed by atoms with Crippen LogP contribution in [0.3, 0.4) is 0 Å². The van der Waals surface area contributed by atoms with Crippen LogP contribution in [0.5, 0.6) is 0 Å². The summed E-state index contributed by atoms with van der Waals surface area (Å²) in [6.45, 7) is 5.42. The van der Waals surface area contributed by atoms with Gasteiger partial charge in [-0.1, -0.05) is 11.6 Å². The average Bonchev–Trinajstić information content (AvgIpc) is 2.42. The third-order valence-electron chi connectivity index (χ3n) is 2.59. The standard InChI is InChI=1S/C14H16ClN3O/c1-3-18(4-2)10-11(9-16)14(19)17-13-7-5-12(15)6-8-13/h5-8,10H,3-4H2,1-2H3,(H,17,19)/b11-10-. The van der Waals surface area contributed by atoms with Gasteiger partial charge in [-0.05, 0) is 38.1 Å². The minimum Gasteiger partial charge on any atom is -0.377 e. The third kappa shape index (κ3) is 4.65. The first-order chi connectivity index (χ1) is 9.10. The van der Waals surface area contributed by atoms with Gasteiger partial charge in [0, 0.05) is 30.0 Å². The number of nitrogens with one attached hydrogen (secondary N) is 1. The normalized spacial score (nSPS) is 10.7. The highest BCUT2D eigenvalue weighted by molar-refractivity contribution is 6.30. The summed E-state index contributed by atoms with van der Waals surface area (Å²) in [4.78, 5) is 13.8. The molecule has 0 aliphatic carbocycles. The fourth-order valence-corrected chi connectivity index (χ4v) is 1.58. The second-order valence-electron chi connectivity index (χ2n) is 3.84. The molecule has 1 aromatic carbocycles. The van der Waals surface area contributed by atoms with E-state index in [1.807, 2.05) is 24.8 Å². The number of hydrogen-bond acceptors (Lipinski definition) is 3. The van der Waals surface area contributed by atoms with Crippen LogP contribution in [0, 0.1) is 11.3 Å². The summed E-state index contributed by atoms with van der Waals surface area (Å²) in [6, 6.07) is 8.64. The molecule has 100 valence electrons. The molecule has 4 nitrogen and oxygen atoms in total. The molecule has 0 heterocycles. The number of carbonyl (C=O) groups excluding carboxylic acids is 1. The SMILES string of the molecule is CCN(/C=C(/C#N)C(=O)Nc1ccc(Cl)cc1)CC. The van der Waals surface area contributed by atoms with Crippen LogP contribution in [-0.4, -0.2) is 23.9 Å². The van der Waals surface area contributed by atoms with Crippen molar-refractivity contribution in [2.24, 2.45) is 0 Å². The molecular formula is C14H16ClN3O. The van der Waals surface area contributed by atoms with Gasteiger partial charge in [0.25, 0.3) is 5.91 Å². The molecule has 0 aromatic heterocycles. The Hall–Kier alpha value is -1.99. The van der Waals surface area contributed by atoms with Crippen molar-refractivity contribution < 1.29 is 4.79 Å². The number of halogens is 1. The first-order valence-corrected chi connectivity index (χ1v) is 6.41. The maximum absolute atomic E-state index is 11.9. The molecule has 5 heteroatoms. The minimum atomic E-state index is -0.420. The monoisotopic (exact) mass is 277 g/mol. The molecule has 1 rings (SSSR count). The maximum atomic E-state index is 11.9. The van der Waals surface area contributed by atoms with E-state index in [1.54, 1.807) is 30.5 Å². The molecule has 1 amide bonds. The van der Waals surface area contributed by atoms with Gasteiger partial charge in [0.15, 0.2) is 0 Å². The van der Waals surface area contributed by atoms with Gasteiger partial charge < -0.3 is 10.2 Å². The van der Waals surface area contributed by atoms with Crippen molar-refractivity contribution in [3.05, 3.63) is 41.1 Å². The predicted molar refractivity (Wildman–Crippen MR) is 76.7 cm³/mol. The lowest BCUT2D eigenvalue weighted by Crippen LogP contribution is -2.20. The highest BCUT2D eigenvalue weighted by atomic mass is 35.5.